The molecule has 1 aromatic heterocycles. The van der Waals surface area contributed by atoms with Crippen molar-refractivity contribution >= 4 is 50.4 Å². The van der Waals surface area contributed by atoms with Crippen molar-refractivity contribution < 1.29 is 18.1 Å². The summed E-state index contributed by atoms with van der Waals surface area (Å²) < 4.78 is 34.0. The number of aromatic nitrogens is 2. The van der Waals surface area contributed by atoms with Crippen LogP contribution < -0.4 is 23.6 Å². The second-order valence-electron chi connectivity index (χ2n) is 8.61. The van der Waals surface area contributed by atoms with Gasteiger partial charge in [-0.15, -0.1) is 0 Å². The van der Waals surface area contributed by atoms with Gasteiger partial charge >= 0.3 is 10.2 Å². The normalized spacial score (nSPS) is 14.0. The topological polar surface area (TPSA) is 137 Å². The van der Waals surface area contributed by atoms with Crippen molar-refractivity contribution in [3.63, 3.8) is 0 Å². The Balaban J connectivity index is 1.71. The van der Waals surface area contributed by atoms with E-state index in [0.29, 0.717) is 35.9 Å². The van der Waals surface area contributed by atoms with E-state index in [2.05, 4.69) is 15.3 Å². The van der Waals surface area contributed by atoms with Crippen molar-refractivity contribution in [1.29, 1.82) is 0 Å². The van der Waals surface area contributed by atoms with E-state index in [-0.39, 0.29) is 23.1 Å². The Bertz CT molecular complexity index is 1430. The Kier molecular flexibility index (Phi) is 7.05. The van der Waals surface area contributed by atoms with Gasteiger partial charge in [0, 0.05) is 51.6 Å². The van der Waals surface area contributed by atoms with Crippen molar-refractivity contribution in [2.45, 2.75) is 0 Å². The minimum atomic E-state index is -3.90. The molecule has 13 nitrogen and oxygen atoms in total. The predicted octanol–water partition coefficient (Wildman–Crippen LogP) is 2.97. The standard InChI is InChI=1S/C23H28N8O5S/c1-27(2)12-13-28(3)19-15-21(36-5)16(14-20(19)31(32)33)25-23-24-11-10-22(26-23)30-18-9-7-6-8-17(18)29(4)37(30,34)35/h6-11,14-15H,12-13H2,1-5H3,(H,24,25,26). The highest BCUT2D eigenvalue weighted by Gasteiger charge is 2.39. The molecule has 1 N–H and O–H groups in total. The first-order valence-electron chi connectivity index (χ1n) is 11.2. The van der Waals surface area contributed by atoms with Gasteiger partial charge in [-0.3, -0.25) is 14.4 Å². The van der Waals surface area contributed by atoms with Crippen LogP contribution in [0.4, 0.5) is 40.2 Å². The molecule has 3 aromatic rings. The molecular weight excluding hydrogens is 500 g/mol. The molecule has 0 saturated heterocycles. The van der Waals surface area contributed by atoms with Gasteiger partial charge in [0.25, 0.3) is 5.69 Å². The van der Waals surface area contributed by atoms with E-state index in [9.17, 15) is 18.5 Å². The van der Waals surface area contributed by atoms with Crippen LogP contribution in [0.3, 0.4) is 0 Å². The molecule has 0 radical (unpaired) electrons. The average Bonchev–Trinajstić information content (AvgIpc) is 3.07. The highest BCUT2D eigenvalue weighted by molar-refractivity contribution is 7.95. The average molecular weight is 529 g/mol. The van der Waals surface area contributed by atoms with Crippen LogP contribution >= 0.6 is 0 Å². The molecule has 0 unspecified atom stereocenters. The second-order valence-corrected chi connectivity index (χ2v) is 10.4. The van der Waals surface area contributed by atoms with Gasteiger partial charge in [-0.05, 0) is 26.2 Å². The van der Waals surface area contributed by atoms with Crippen LogP contribution in [0.15, 0.2) is 48.7 Å². The predicted molar refractivity (Wildman–Crippen MR) is 143 cm³/mol. The molecule has 0 atom stereocenters. The molecule has 196 valence electrons. The van der Waals surface area contributed by atoms with Crippen LogP contribution in [0, 0.1) is 10.1 Å². The molecule has 0 aliphatic carbocycles. The summed E-state index contributed by atoms with van der Waals surface area (Å²) in [6.45, 7) is 1.27. The number of nitro groups is 1. The number of anilines is 6. The summed E-state index contributed by atoms with van der Waals surface area (Å²) in [6, 6.07) is 11.3. The molecule has 1 aliphatic heterocycles. The van der Waals surface area contributed by atoms with Crippen molar-refractivity contribution in [3.05, 3.63) is 58.8 Å². The summed E-state index contributed by atoms with van der Waals surface area (Å²) in [4.78, 5) is 23.8. The summed E-state index contributed by atoms with van der Waals surface area (Å²) in [5.41, 5.74) is 1.50. The van der Waals surface area contributed by atoms with Crippen molar-refractivity contribution in [2.75, 3.05) is 67.2 Å². The van der Waals surface area contributed by atoms with Gasteiger partial charge < -0.3 is 19.9 Å². The Labute approximate surface area is 215 Å². The van der Waals surface area contributed by atoms with Crippen molar-refractivity contribution in [1.82, 2.24) is 14.9 Å². The fourth-order valence-electron chi connectivity index (χ4n) is 3.90. The quantitative estimate of drug-likeness (QED) is 0.326. The molecule has 37 heavy (non-hydrogen) atoms. The van der Waals surface area contributed by atoms with Gasteiger partial charge in [-0.25, -0.2) is 9.29 Å². The third-order valence-electron chi connectivity index (χ3n) is 5.90. The number of methoxy groups -OCH3 is 1. The van der Waals surface area contributed by atoms with E-state index >= 15 is 0 Å². The van der Waals surface area contributed by atoms with Crippen LogP contribution in [0.1, 0.15) is 0 Å². The molecule has 2 heterocycles. The first-order valence-corrected chi connectivity index (χ1v) is 12.6. The number of benzene rings is 2. The molecule has 4 rings (SSSR count). The third-order valence-corrected chi connectivity index (χ3v) is 7.63. The highest BCUT2D eigenvalue weighted by Crippen LogP contribution is 2.44. The molecule has 0 bridgehead atoms. The third kappa shape index (κ3) is 4.93. The molecule has 1 aliphatic rings. The summed E-state index contributed by atoms with van der Waals surface area (Å²) in [6.07, 6.45) is 1.41. The van der Waals surface area contributed by atoms with E-state index in [1.807, 2.05) is 19.0 Å². The zero-order valence-electron chi connectivity index (χ0n) is 21.1. The van der Waals surface area contributed by atoms with E-state index in [1.54, 1.807) is 42.3 Å². The van der Waals surface area contributed by atoms with Gasteiger partial charge in [0.2, 0.25) is 5.95 Å². The number of hydrogen-bond donors (Lipinski definition) is 1. The molecule has 0 amide bonds. The van der Waals surface area contributed by atoms with Crippen LogP contribution in [0.25, 0.3) is 0 Å². The summed E-state index contributed by atoms with van der Waals surface area (Å²) in [5.74, 6) is 0.494. The minimum Gasteiger partial charge on any atom is -0.494 e. The lowest BCUT2D eigenvalue weighted by molar-refractivity contribution is -0.384. The Morgan fingerprint density at radius 1 is 1.11 bits per heavy atom. The molecule has 0 fully saturated rings. The summed E-state index contributed by atoms with van der Waals surface area (Å²) in [5, 5.41) is 14.9. The zero-order chi connectivity index (χ0) is 26.9. The monoisotopic (exact) mass is 528 g/mol. The van der Waals surface area contributed by atoms with Crippen LogP contribution in [-0.4, -0.2) is 76.6 Å². The molecule has 0 saturated carbocycles. The van der Waals surface area contributed by atoms with E-state index in [1.165, 1.54) is 36.8 Å². The second kappa shape index (κ2) is 10.1. The summed E-state index contributed by atoms with van der Waals surface area (Å²) in [7, 11) is 4.65. The lowest BCUT2D eigenvalue weighted by Gasteiger charge is -2.23. The van der Waals surface area contributed by atoms with Gasteiger partial charge in [-0.2, -0.15) is 13.4 Å². The molecule has 14 heteroatoms. The number of ether oxygens (including phenoxy) is 1. The number of fused-ring (bicyclic) bond motifs is 1. The SMILES string of the molecule is COc1cc(N(C)CCN(C)C)c([N+](=O)[O-])cc1Nc1nccc(N2c3ccccc3N(C)S2(=O)=O)n1. The maximum absolute atomic E-state index is 13.1. The summed E-state index contributed by atoms with van der Waals surface area (Å²) >= 11 is 0. The number of nitrogens with zero attached hydrogens (tertiary/aromatic N) is 7. The van der Waals surface area contributed by atoms with Crippen LogP contribution in [0.5, 0.6) is 5.75 Å². The van der Waals surface area contributed by atoms with Crippen LogP contribution in [0.2, 0.25) is 0 Å². The first kappa shape index (κ1) is 25.9. The van der Waals surface area contributed by atoms with E-state index < -0.39 is 15.1 Å². The lowest BCUT2D eigenvalue weighted by atomic mass is 10.2. The fourth-order valence-corrected chi connectivity index (χ4v) is 5.29. The number of hydrogen-bond acceptors (Lipinski definition) is 10. The van der Waals surface area contributed by atoms with Gasteiger partial charge in [0.05, 0.1) is 29.1 Å². The van der Waals surface area contributed by atoms with Crippen molar-refractivity contribution in [3.8, 4) is 5.75 Å². The number of para-hydroxylation sites is 2. The zero-order valence-corrected chi connectivity index (χ0v) is 21.9. The maximum Gasteiger partial charge on any atom is 0.331 e. The Morgan fingerprint density at radius 2 is 1.81 bits per heavy atom. The fraction of sp³-hybridized carbons (Fsp3) is 0.304. The number of rotatable bonds is 9. The number of likely N-dealkylation sites (N-methyl/N-ethyl adjacent to an activating group) is 2. The van der Waals surface area contributed by atoms with Gasteiger partial charge in [0.1, 0.15) is 11.4 Å². The molecule has 2 aromatic carbocycles. The molecule has 0 spiro atoms. The largest absolute Gasteiger partial charge is 0.494 e. The lowest BCUT2D eigenvalue weighted by Crippen LogP contribution is -2.32. The van der Waals surface area contributed by atoms with Crippen LogP contribution in [-0.2, 0) is 10.2 Å². The van der Waals surface area contributed by atoms with E-state index in [4.69, 9.17) is 4.74 Å². The van der Waals surface area contributed by atoms with E-state index in [0.717, 1.165) is 4.31 Å². The Morgan fingerprint density at radius 3 is 2.46 bits per heavy atom. The van der Waals surface area contributed by atoms with Gasteiger partial charge in [-0.1, -0.05) is 12.1 Å². The maximum atomic E-state index is 13.1. The minimum absolute atomic E-state index is 0.0426. The number of nitrogens with one attached hydrogen (secondary N) is 1. The van der Waals surface area contributed by atoms with Gasteiger partial charge in [0.15, 0.2) is 5.82 Å². The number of nitro benzene ring substituents is 1. The van der Waals surface area contributed by atoms with Crippen molar-refractivity contribution in [2.24, 2.45) is 0 Å². The Hall–Kier alpha value is -4.17. The first-order chi connectivity index (χ1) is 17.5. The smallest absolute Gasteiger partial charge is 0.331 e. The molecular formula is C23H28N8O5S. The highest BCUT2D eigenvalue weighted by atomic mass is 32.2.